The molecule has 1 atom stereocenters. The fourth-order valence-electron chi connectivity index (χ4n) is 4.77. The molecule has 1 saturated heterocycles. The van der Waals surface area contributed by atoms with E-state index in [1.54, 1.807) is 0 Å². The monoisotopic (exact) mass is 464 g/mol. The number of nitrogens with zero attached hydrogens (tertiary/aromatic N) is 1. The third-order valence-corrected chi connectivity index (χ3v) is 7.03. The highest BCUT2D eigenvalue weighted by Crippen LogP contribution is 2.40. The number of ether oxygens (including phenoxy) is 1. The third kappa shape index (κ3) is 5.16. The molecule has 0 bridgehead atoms. The highest BCUT2D eigenvalue weighted by molar-refractivity contribution is 6.09. The van der Waals surface area contributed by atoms with Crippen LogP contribution < -0.4 is 21.3 Å². The van der Waals surface area contributed by atoms with Gasteiger partial charge < -0.3 is 20.7 Å². The van der Waals surface area contributed by atoms with Gasteiger partial charge in [-0.25, -0.2) is 8.78 Å². The van der Waals surface area contributed by atoms with Crippen molar-refractivity contribution in [1.82, 2.24) is 5.32 Å². The molecule has 33 heavy (non-hydrogen) atoms. The van der Waals surface area contributed by atoms with E-state index in [1.165, 1.54) is 17.0 Å². The number of morpholine rings is 1. The molecule has 0 aromatic heterocycles. The van der Waals surface area contributed by atoms with E-state index >= 15 is 0 Å². The molecule has 0 spiro atoms. The molecule has 3 aliphatic rings. The Morgan fingerprint density at radius 3 is 2.30 bits per heavy atom. The number of hydrogen-bond donors (Lipinski definition) is 3. The van der Waals surface area contributed by atoms with Crippen LogP contribution in [-0.2, 0) is 19.1 Å². The molecule has 4 N–H and O–H groups in total. The lowest BCUT2D eigenvalue weighted by atomic mass is 9.68. The fourth-order valence-corrected chi connectivity index (χ4v) is 4.77. The Bertz CT molecular complexity index is 890. The molecule has 10 heteroatoms. The number of rotatable bonds is 9. The molecule has 1 aliphatic heterocycles. The van der Waals surface area contributed by atoms with Gasteiger partial charge in [0.1, 0.15) is 6.61 Å². The zero-order valence-electron chi connectivity index (χ0n) is 18.4. The zero-order valence-corrected chi connectivity index (χ0v) is 18.4. The van der Waals surface area contributed by atoms with Crippen molar-refractivity contribution < 1.29 is 27.9 Å². The van der Waals surface area contributed by atoms with Crippen LogP contribution in [0.25, 0.3) is 0 Å². The maximum atomic E-state index is 13.8. The number of hydrogen-bond acceptors (Lipinski definition) is 5. The van der Waals surface area contributed by atoms with Crippen LogP contribution in [0, 0.1) is 11.8 Å². The van der Waals surface area contributed by atoms with E-state index in [0.29, 0.717) is 11.8 Å². The Hall–Kier alpha value is -2.59. The highest BCUT2D eigenvalue weighted by atomic mass is 19.3. The Balaban J connectivity index is 1.50. The van der Waals surface area contributed by atoms with Gasteiger partial charge in [0.15, 0.2) is 6.04 Å². The first kappa shape index (κ1) is 23.6. The lowest BCUT2D eigenvalue weighted by molar-refractivity contribution is -0.129. The van der Waals surface area contributed by atoms with Gasteiger partial charge in [-0.3, -0.25) is 19.7 Å². The topological polar surface area (TPSA) is 114 Å². The second kappa shape index (κ2) is 10.1. The summed E-state index contributed by atoms with van der Waals surface area (Å²) < 4.78 is 32.6. The molecule has 1 aromatic rings. The number of alkyl halides is 2. The molecule has 3 fully saturated rings. The molecule has 0 unspecified atom stereocenters. The SMILES string of the molecule is NC(=O)[C@H](NC(C1CCC1)C1CCC1)C(=O)Nc1ccc(N2CCOCC2=O)c(C(F)F)c1. The minimum Gasteiger partial charge on any atom is -0.370 e. The van der Waals surface area contributed by atoms with Gasteiger partial charge in [0.05, 0.1) is 12.3 Å². The first-order valence-corrected chi connectivity index (χ1v) is 11.5. The average molecular weight is 465 g/mol. The van der Waals surface area contributed by atoms with Crippen molar-refractivity contribution >= 4 is 29.1 Å². The first-order chi connectivity index (χ1) is 15.8. The Kier molecular flexibility index (Phi) is 7.23. The van der Waals surface area contributed by atoms with Gasteiger partial charge in [0.25, 0.3) is 18.2 Å². The molecule has 180 valence electrons. The predicted octanol–water partition coefficient (Wildman–Crippen LogP) is 2.34. The lowest BCUT2D eigenvalue weighted by Gasteiger charge is -2.44. The van der Waals surface area contributed by atoms with Crippen LogP contribution in [0.5, 0.6) is 0 Å². The molecule has 2 saturated carbocycles. The van der Waals surface area contributed by atoms with Gasteiger partial charge in [0.2, 0.25) is 5.91 Å². The number of amides is 3. The molecule has 8 nitrogen and oxygen atoms in total. The van der Waals surface area contributed by atoms with Crippen LogP contribution >= 0.6 is 0 Å². The van der Waals surface area contributed by atoms with Crippen LogP contribution in [0.4, 0.5) is 20.2 Å². The fraction of sp³-hybridized carbons (Fsp3) is 0.609. The molecular weight excluding hydrogens is 434 g/mol. The van der Waals surface area contributed by atoms with Crippen molar-refractivity contribution in [3.63, 3.8) is 0 Å². The molecule has 4 rings (SSSR count). The van der Waals surface area contributed by atoms with Crippen molar-refractivity contribution in [2.75, 3.05) is 30.0 Å². The summed E-state index contributed by atoms with van der Waals surface area (Å²) in [7, 11) is 0. The second-order valence-electron chi connectivity index (χ2n) is 9.07. The van der Waals surface area contributed by atoms with Crippen molar-refractivity contribution in [3.8, 4) is 0 Å². The number of anilines is 2. The number of carbonyl (C=O) groups excluding carboxylic acids is 3. The smallest absolute Gasteiger partial charge is 0.265 e. The van der Waals surface area contributed by atoms with E-state index in [4.69, 9.17) is 10.5 Å². The van der Waals surface area contributed by atoms with Crippen LogP contribution in [0.3, 0.4) is 0 Å². The summed E-state index contributed by atoms with van der Waals surface area (Å²) >= 11 is 0. The maximum absolute atomic E-state index is 13.8. The third-order valence-electron chi connectivity index (χ3n) is 7.03. The van der Waals surface area contributed by atoms with E-state index < -0.39 is 30.2 Å². The summed E-state index contributed by atoms with van der Waals surface area (Å²) in [6.07, 6.45) is 3.64. The van der Waals surface area contributed by atoms with Gasteiger partial charge in [-0.2, -0.15) is 0 Å². The van der Waals surface area contributed by atoms with E-state index in [2.05, 4.69) is 10.6 Å². The summed E-state index contributed by atoms with van der Waals surface area (Å²) in [6.45, 7) is 0.250. The van der Waals surface area contributed by atoms with E-state index in [0.717, 1.165) is 44.6 Å². The largest absolute Gasteiger partial charge is 0.370 e. The molecule has 2 aliphatic carbocycles. The second-order valence-corrected chi connectivity index (χ2v) is 9.07. The standard InChI is InChI=1S/C23H30F2N4O4/c24-21(25)16-11-15(7-8-17(16)29-9-10-33-12-18(29)30)27-23(32)20(22(26)31)28-19(13-3-1-4-13)14-5-2-6-14/h7-8,11,13-14,19-21,28H,1-6,9-10,12H2,(H2,26,31)(H,27,32)/t20-/m0/s1. The van der Waals surface area contributed by atoms with Gasteiger partial charge >= 0.3 is 0 Å². The van der Waals surface area contributed by atoms with E-state index in [-0.39, 0.29) is 42.7 Å². The van der Waals surface area contributed by atoms with Crippen molar-refractivity contribution in [2.45, 2.75) is 57.0 Å². The number of halogens is 2. The van der Waals surface area contributed by atoms with Crippen LogP contribution in [-0.4, -0.2) is 49.6 Å². The van der Waals surface area contributed by atoms with Gasteiger partial charge in [-0.1, -0.05) is 12.8 Å². The number of nitrogens with one attached hydrogen (secondary N) is 2. The number of primary amides is 1. The molecular formula is C23H30F2N4O4. The summed E-state index contributed by atoms with van der Waals surface area (Å²) in [5.74, 6) is -1.06. The summed E-state index contributed by atoms with van der Waals surface area (Å²) in [6, 6.07) is 2.73. The molecule has 1 aromatic carbocycles. The first-order valence-electron chi connectivity index (χ1n) is 11.5. The Morgan fingerprint density at radius 2 is 1.79 bits per heavy atom. The van der Waals surface area contributed by atoms with Crippen molar-refractivity contribution in [1.29, 1.82) is 0 Å². The van der Waals surface area contributed by atoms with Gasteiger partial charge in [-0.15, -0.1) is 0 Å². The minimum atomic E-state index is -2.86. The van der Waals surface area contributed by atoms with Gasteiger partial charge in [-0.05, 0) is 55.7 Å². The number of benzene rings is 1. The van der Waals surface area contributed by atoms with Crippen LogP contribution in [0.15, 0.2) is 18.2 Å². The lowest BCUT2D eigenvalue weighted by Crippen LogP contribution is -2.58. The van der Waals surface area contributed by atoms with Crippen LogP contribution in [0.2, 0.25) is 0 Å². The predicted molar refractivity (Wildman–Crippen MR) is 118 cm³/mol. The van der Waals surface area contributed by atoms with E-state index in [1.807, 2.05) is 0 Å². The van der Waals surface area contributed by atoms with Gasteiger partial charge in [0, 0.05) is 23.8 Å². The zero-order chi connectivity index (χ0) is 23.5. The molecule has 0 radical (unpaired) electrons. The average Bonchev–Trinajstić information content (AvgIpc) is 2.69. The normalized spacial score (nSPS) is 20.5. The quantitative estimate of drug-likeness (QED) is 0.486. The highest BCUT2D eigenvalue weighted by Gasteiger charge is 2.39. The van der Waals surface area contributed by atoms with Crippen molar-refractivity contribution in [2.24, 2.45) is 17.6 Å². The Morgan fingerprint density at radius 1 is 1.12 bits per heavy atom. The molecule has 1 heterocycles. The maximum Gasteiger partial charge on any atom is 0.265 e. The Labute approximate surface area is 191 Å². The van der Waals surface area contributed by atoms with Crippen molar-refractivity contribution in [3.05, 3.63) is 23.8 Å². The van der Waals surface area contributed by atoms with E-state index in [9.17, 15) is 23.2 Å². The number of carbonyl (C=O) groups is 3. The summed E-state index contributed by atoms with van der Waals surface area (Å²) in [4.78, 5) is 38.4. The summed E-state index contributed by atoms with van der Waals surface area (Å²) in [5.41, 5.74) is 5.34. The molecule has 3 amide bonds. The van der Waals surface area contributed by atoms with Crippen LogP contribution in [0.1, 0.15) is 50.5 Å². The number of nitrogens with two attached hydrogens (primary N) is 1. The summed E-state index contributed by atoms with van der Waals surface area (Å²) in [5, 5.41) is 5.73. The minimum absolute atomic E-state index is 0.0436.